The number of benzene rings is 1. The summed E-state index contributed by atoms with van der Waals surface area (Å²) in [5.41, 5.74) is 0.281. The molecule has 8 nitrogen and oxygen atoms in total. The van der Waals surface area contributed by atoms with Gasteiger partial charge in [0.25, 0.3) is 11.6 Å². The zero-order valence-corrected chi connectivity index (χ0v) is 11.4. The number of likely N-dealkylation sites (N-methyl/N-ethyl adjacent to an activating group) is 1. The van der Waals surface area contributed by atoms with Crippen molar-refractivity contribution in [1.82, 2.24) is 4.90 Å². The molecule has 2 rings (SSSR count). The van der Waals surface area contributed by atoms with Gasteiger partial charge in [0, 0.05) is 24.7 Å². The molecule has 0 radical (unpaired) electrons. The Bertz CT molecular complexity index is 597. The van der Waals surface area contributed by atoms with E-state index in [4.69, 9.17) is 5.11 Å². The lowest BCUT2D eigenvalue weighted by Gasteiger charge is -2.15. The van der Waals surface area contributed by atoms with Crippen molar-refractivity contribution in [3.8, 4) is 0 Å². The molecular weight excluding hydrogens is 278 g/mol. The molecule has 0 spiro atoms. The molecule has 1 aliphatic rings. The number of carboxylic acid groups (broad SMARTS) is 1. The number of carbonyl (C=O) groups is 2. The van der Waals surface area contributed by atoms with Crippen LogP contribution in [0.2, 0.25) is 0 Å². The van der Waals surface area contributed by atoms with E-state index in [1.807, 2.05) is 0 Å². The number of hydrogen-bond donors (Lipinski definition) is 2. The minimum atomic E-state index is -1.15. The molecule has 1 saturated carbocycles. The van der Waals surface area contributed by atoms with Crippen molar-refractivity contribution in [3.63, 3.8) is 0 Å². The van der Waals surface area contributed by atoms with E-state index in [0.29, 0.717) is 5.69 Å². The van der Waals surface area contributed by atoms with Crippen molar-refractivity contribution in [1.29, 1.82) is 0 Å². The molecule has 1 aliphatic carbocycles. The number of rotatable bonds is 6. The zero-order chi connectivity index (χ0) is 15.6. The summed E-state index contributed by atoms with van der Waals surface area (Å²) in [6.07, 6.45) is 1.94. The lowest BCUT2D eigenvalue weighted by molar-refractivity contribution is -0.384. The summed E-state index contributed by atoms with van der Waals surface area (Å²) in [4.78, 5) is 34.1. The van der Waals surface area contributed by atoms with Crippen LogP contribution in [0.5, 0.6) is 0 Å². The molecule has 0 atom stereocenters. The molecule has 0 saturated heterocycles. The highest BCUT2D eigenvalue weighted by molar-refractivity contribution is 5.97. The van der Waals surface area contributed by atoms with Crippen molar-refractivity contribution >= 4 is 23.3 Å². The Morgan fingerprint density at radius 3 is 2.67 bits per heavy atom. The molecule has 1 amide bonds. The number of aliphatic carboxylic acids is 1. The Morgan fingerprint density at radius 2 is 2.14 bits per heavy atom. The van der Waals surface area contributed by atoms with Crippen LogP contribution in [0.1, 0.15) is 23.2 Å². The molecule has 1 fully saturated rings. The Balaban J connectivity index is 2.24. The first-order chi connectivity index (χ1) is 9.88. The maximum atomic E-state index is 12.0. The van der Waals surface area contributed by atoms with Crippen molar-refractivity contribution < 1.29 is 19.6 Å². The molecule has 21 heavy (non-hydrogen) atoms. The molecule has 0 heterocycles. The predicted octanol–water partition coefficient (Wildman–Crippen LogP) is 1.33. The lowest BCUT2D eigenvalue weighted by atomic mass is 10.1. The number of hydrogen-bond acceptors (Lipinski definition) is 5. The van der Waals surface area contributed by atoms with Crippen LogP contribution in [0.15, 0.2) is 18.2 Å². The van der Waals surface area contributed by atoms with E-state index in [1.165, 1.54) is 25.2 Å². The summed E-state index contributed by atoms with van der Waals surface area (Å²) in [5.74, 6) is -1.72. The smallest absolute Gasteiger partial charge is 0.323 e. The molecule has 8 heteroatoms. The molecule has 2 N–H and O–H groups in total. The summed E-state index contributed by atoms with van der Waals surface area (Å²) in [6, 6.07) is 4.36. The summed E-state index contributed by atoms with van der Waals surface area (Å²) >= 11 is 0. The van der Waals surface area contributed by atoms with Gasteiger partial charge in [0.15, 0.2) is 0 Å². The highest BCUT2D eigenvalue weighted by Gasteiger charge is 2.26. The lowest BCUT2D eigenvalue weighted by Crippen LogP contribution is -2.31. The molecule has 0 bridgehead atoms. The quantitative estimate of drug-likeness (QED) is 0.604. The number of nitro benzene ring substituents is 1. The maximum absolute atomic E-state index is 12.0. The first-order valence-electron chi connectivity index (χ1n) is 6.40. The number of nitrogens with one attached hydrogen (secondary N) is 1. The van der Waals surface area contributed by atoms with Crippen LogP contribution in [0, 0.1) is 10.1 Å². The number of anilines is 1. The molecule has 1 aromatic carbocycles. The van der Waals surface area contributed by atoms with Crippen LogP contribution in [0.4, 0.5) is 11.4 Å². The molecule has 0 aromatic heterocycles. The van der Waals surface area contributed by atoms with Crippen LogP contribution in [-0.4, -0.2) is 46.4 Å². The second-order valence-electron chi connectivity index (χ2n) is 4.96. The Kier molecular flexibility index (Phi) is 4.06. The van der Waals surface area contributed by atoms with E-state index < -0.39 is 23.3 Å². The Hall–Kier alpha value is -2.64. The van der Waals surface area contributed by atoms with Crippen LogP contribution >= 0.6 is 0 Å². The number of amides is 1. The second kappa shape index (κ2) is 5.78. The van der Waals surface area contributed by atoms with Crippen molar-refractivity contribution in [2.45, 2.75) is 18.9 Å². The molecule has 0 aliphatic heterocycles. The van der Waals surface area contributed by atoms with E-state index in [9.17, 15) is 19.7 Å². The van der Waals surface area contributed by atoms with E-state index in [-0.39, 0.29) is 17.3 Å². The maximum Gasteiger partial charge on any atom is 0.323 e. The minimum absolute atomic E-state index is 0.0896. The topological polar surface area (TPSA) is 113 Å². The van der Waals surface area contributed by atoms with Gasteiger partial charge in [0.1, 0.15) is 12.2 Å². The number of nitro groups is 1. The first kappa shape index (κ1) is 14.8. The fourth-order valence-electron chi connectivity index (χ4n) is 1.88. The van der Waals surface area contributed by atoms with Gasteiger partial charge in [-0.2, -0.15) is 0 Å². The highest BCUT2D eigenvalue weighted by atomic mass is 16.6. The fraction of sp³-hybridized carbons (Fsp3) is 0.385. The van der Waals surface area contributed by atoms with Crippen LogP contribution in [0.3, 0.4) is 0 Å². The Morgan fingerprint density at radius 1 is 1.48 bits per heavy atom. The van der Waals surface area contributed by atoms with E-state index in [0.717, 1.165) is 17.7 Å². The summed E-state index contributed by atoms with van der Waals surface area (Å²) in [7, 11) is 1.33. The van der Waals surface area contributed by atoms with Gasteiger partial charge < -0.3 is 15.3 Å². The van der Waals surface area contributed by atoms with Gasteiger partial charge in [-0.05, 0) is 25.0 Å². The average molecular weight is 293 g/mol. The van der Waals surface area contributed by atoms with Crippen molar-refractivity contribution in [2.24, 2.45) is 0 Å². The third-order valence-electron chi connectivity index (χ3n) is 3.10. The van der Waals surface area contributed by atoms with Gasteiger partial charge >= 0.3 is 5.97 Å². The van der Waals surface area contributed by atoms with Gasteiger partial charge in [-0.1, -0.05) is 0 Å². The van der Waals surface area contributed by atoms with Crippen molar-refractivity contribution in [3.05, 3.63) is 33.9 Å². The third-order valence-corrected chi connectivity index (χ3v) is 3.10. The Labute approximate surface area is 120 Å². The van der Waals surface area contributed by atoms with Gasteiger partial charge in [-0.3, -0.25) is 19.7 Å². The average Bonchev–Trinajstić information content (AvgIpc) is 3.21. The number of carbonyl (C=O) groups excluding carboxylic acids is 1. The SMILES string of the molecule is CN(CC(=O)O)C(=O)c1ccc(NC2CC2)c([N+](=O)[O-])c1. The van der Waals surface area contributed by atoms with Crippen LogP contribution < -0.4 is 5.32 Å². The normalized spacial score (nSPS) is 13.6. The largest absolute Gasteiger partial charge is 0.480 e. The minimum Gasteiger partial charge on any atom is -0.480 e. The molecule has 0 unspecified atom stereocenters. The van der Waals surface area contributed by atoms with Gasteiger partial charge in [-0.15, -0.1) is 0 Å². The zero-order valence-electron chi connectivity index (χ0n) is 11.4. The highest BCUT2D eigenvalue weighted by Crippen LogP contribution is 2.31. The third kappa shape index (κ3) is 3.68. The molecule has 1 aromatic rings. The van der Waals surface area contributed by atoms with Crippen LogP contribution in [0.25, 0.3) is 0 Å². The summed E-state index contributed by atoms with van der Waals surface area (Å²) < 4.78 is 0. The second-order valence-corrected chi connectivity index (χ2v) is 4.96. The van der Waals surface area contributed by atoms with Crippen LogP contribution in [-0.2, 0) is 4.79 Å². The van der Waals surface area contributed by atoms with E-state index >= 15 is 0 Å². The standard InChI is InChI=1S/C13H15N3O5/c1-15(7-12(17)18)13(19)8-2-5-10(14-9-3-4-9)11(6-8)16(20)21/h2,5-6,9,14H,3-4,7H2,1H3,(H,17,18). The van der Waals surface area contributed by atoms with Gasteiger partial charge in [0.2, 0.25) is 0 Å². The first-order valence-corrected chi connectivity index (χ1v) is 6.40. The van der Waals surface area contributed by atoms with E-state index in [2.05, 4.69) is 5.32 Å². The monoisotopic (exact) mass is 293 g/mol. The molecule has 112 valence electrons. The van der Waals surface area contributed by atoms with E-state index in [1.54, 1.807) is 0 Å². The van der Waals surface area contributed by atoms with Gasteiger partial charge in [-0.25, -0.2) is 0 Å². The number of carboxylic acids is 1. The fourth-order valence-corrected chi connectivity index (χ4v) is 1.88. The predicted molar refractivity (Wildman–Crippen MR) is 74.3 cm³/mol. The number of nitrogens with zero attached hydrogens (tertiary/aromatic N) is 2. The summed E-state index contributed by atoms with van der Waals surface area (Å²) in [5, 5.41) is 22.8. The van der Waals surface area contributed by atoms with Crippen molar-refractivity contribution in [2.75, 3.05) is 18.9 Å². The molecular formula is C13H15N3O5. The summed E-state index contributed by atoms with van der Waals surface area (Å²) in [6.45, 7) is -0.464. The van der Waals surface area contributed by atoms with Gasteiger partial charge in [0.05, 0.1) is 4.92 Å².